The fourth-order valence-electron chi connectivity index (χ4n) is 4.46. The molecule has 1 unspecified atom stereocenters. The predicted octanol–water partition coefficient (Wildman–Crippen LogP) is 4.24. The van der Waals surface area contributed by atoms with Crippen LogP contribution >= 0.6 is 0 Å². The number of likely N-dealkylation sites (tertiary alicyclic amines) is 1. The summed E-state index contributed by atoms with van der Waals surface area (Å²) in [5, 5.41) is 6.26. The Morgan fingerprint density at radius 1 is 1.28 bits per heavy atom. The van der Waals surface area contributed by atoms with Gasteiger partial charge in [0.2, 0.25) is 11.9 Å². The van der Waals surface area contributed by atoms with E-state index in [1.807, 2.05) is 18.2 Å². The molecule has 10 heteroatoms. The molecule has 1 aromatic heterocycles. The Bertz CT molecular complexity index is 1110. The molecule has 1 fully saturated rings. The molecule has 36 heavy (non-hydrogen) atoms. The summed E-state index contributed by atoms with van der Waals surface area (Å²) in [6, 6.07) is 5.79. The Labute approximate surface area is 210 Å². The summed E-state index contributed by atoms with van der Waals surface area (Å²) < 4.78 is 19.8. The van der Waals surface area contributed by atoms with Crippen LogP contribution in [0.3, 0.4) is 0 Å². The third kappa shape index (κ3) is 6.30. The van der Waals surface area contributed by atoms with Crippen molar-refractivity contribution in [1.29, 1.82) is 0 Å². The number of hydrogen-bond donors (Lipinski definition) is 2. The van der Waals surface area contributed by atoms with Crippen LogP contribution in [0.2, 0.25) is 0 Å². The van der Waals surface area contributed by atoms with Crippen LogP contribution in [-0.2, 0) is 22.5 Å². The van der Waals surface area contributed by atoms with Crippen LogP contribution in [-0.4, -0.2) is 64.1 Å². The van der Waals surface area contributed by atoms with E-state index in [2.05, 4.69) is 34.1 Å². The monoisotopic (exact) mass is 496 g/mol. The van der Waals surface area contributed by atoms with Crippen LogP contribution in [0.25, 0.3) is 0 Å². The maximum absolute atomic E-state index is 14.5. The van der Waals surface area contributed by atoms with Gasteiger partial charge in [-0.15, -0.1) is 0 Å². The number of carbonyl (C=O) groups is 2. The number of amides is 2. The van der Waals surface area contributed by atoms with Gasteiger partial charge in [-0.25, -0.2) is 14.2 Å². The van der Waals surface area contributed by atoms with Gasteiger partial charge in [-0.1, -0.05) is 26.0 Å². The molecule has 3 heterocycles. The Kier molecular flexibility index (Phi) is 8.35. The number of nitrogens with zero attached hydrogens (tertiary/aromatic N) is 4. The summed E-state index contributed by atoms with van der Waals surface area (Å²) in [6.45, 7) is 8.23. The quantitative estimate of drug-likeness (QED) is 0.416. The maximum Gasteiger partial charge on any atom is 0.410 e. The molecule has 1 aromatic carbocycles. The summed E-state index contributed by atoms with van der Waals surface area (Å²) in [4.78, 5) is 36.1. The molecule has 9 nitrogen and oxygen atoms in total. The minimum atomic E-state index is -0.560. The average molecular weight is 497 g/mol. The third-order valence-electron chi connectivity index (χ3n) is 6.45. The van der Waals surface area contributed by atoms with Crippen molar-refractivity contribution in [3.05, 3.63) is 54.0 Å². The second-order valence-corrected chi connectivity index (χ2v) is 9.11. The fraction of sp³-hybridized carbons (Fsp3) is 0.462. The van der Waals surface area contributed by atoms with Crippen LogP contribution in [0, 0.1) is 5.82 Å². The second-order valence-electron chi connectivity index (χ2n) is 9.11. The van der Waals surface area contributed by atoms with Crippen LogP contribution < -0.4 is 10.6 Å². The fourth-order valence-corrected chi connectivity index (χ4v) is 4.46. The van der Waals surface area contributed by atoms with E-state index in [1.54, 1.807) is 9.80 Å². The highest BCUT2D eigenvalue weighted by Crippen LogP contribution is 2.25. The van der Waals surface area contributed by atoms with Crippen molar-refractivity contribution in [2.45, 2.75) is 51.6 Å². The smallest absolute Gasteiger partial charge is 0.410 e. The normalized spacial score (nSPS) is 17.2. The van der Waals surface area contributed by atoms with E-state index in [0.29, 0.717) is 32.8 Å². The van der Waals surface area contributed by atoms with Gasteiger partial charge in [0.25, 0.3) is 0 Å². The molecule has 2 N–H and O–H groups in total. The highest BCUT2D eigenvalue weighted by atomic mass is 19.1. The molecule has 1 saturated heterocycles. The lowest BCUT2D eigenvalue weighted by Gasteiger charge is -2.32. The van der Waals surface area contributed by atoms with Crippen LogP contribution in [0.5, 0.6) is 0 Å². The summed E-state index contributed by atoms with van der Waals surface area (Å²) in [5.41, 5.74) is 2.94. The number of aromatic nitrogens is 2. The maximum atomic E-state index is 14.5. The van der Waals surface area contributed by atoms with Crippen LogP contribution in [0.15, 0.2) is 37.1 Å². The molecule has 0 saturated carbocycles. The summed E-state index contributed by atoms with van der Waals surface area (Å²) in [6.07, 6.45) is 6.32. The Hall–Kier alpha value is -3.69. The molecule has 2 aliphatic rings. The highest BCUT2D eigenvalue weighted by molar-refractivity contribution is 5.87. The number of unbranched alkanes of at least 4 members (excludes halogenated alkanes) is 1. The number of hydrogen-bond acceptors (Lipinski definition) is 7. The molecule has 2 aliphatic heterocycles. The topological polar surface area (TPSA) is 99.7 Å². The molecule has 0 bridgehead atoms. The highest BCUT2D eigenvalue weighted by Gasteiger charge is 2.24. The van der Waals surface area contributed by atoms with Gasteiger partial charge in [0.15, 0.2) is 11.6 Å². The number of nitrogens with one attached hydrogen (secondary N) is 2. The van der Waals surface area contributed by atoms with E-state index in [4.69, 9.17) is 4.74 Å². The van der Waals surface area contributed by atoms with Gasteiger partial charge < -0.3 is 25.2 Å². The molecular weight excluding hydrogens is 463 g/mol. The molecule has 0 aliphatic carbocycles. The summed E-state index contributed by atoms with van der Waals surface area (Å²) in [7, 11) is 0. The molecule has 4 rings (SSSR count). The molecule has 192 valence electrons. The first-order valence-corrected chi connectivity index (χ1v) is 12.5. The zero-order chi connectivity index (χ0) is 25.5. The standard InChI is InChI=1S/C26H33FN6O3/c1-3-5-13-36-26(35)33-12-10-18-8-9-20(14-19(18)16-33)30-25-28-15-22(27)24(31-25)29-21-7-6-11-32(17-21)23(34)4-2/h4,8-9,14-15,21H,2-3,5-7,10-13,16-17H2,1H3,(H2,28,29,30,31). The van der Waals surface area contributed by atoms with Gasteiger partial charge in [-0.2, -0.15) is 4.98 Å². The van der Waals surface area contributed by atoms with Crippen molar-refractivity contribution in [1.82, 2.24) is 19.8 Å². The average Bonchev–Trinajstić information content (AvgIpc) is 2.90. The summed E-state index contributed by atoms with van der Waals surface area (Å²) in [5.74, 6) is -0.354. The predicted molar refractivity (Wildman–Crippen MR) is 136 cm³/mol. The zero-order valence-corrected chi connectivity index (χ0v) is 20.6. The SMILES string of the molecule is C=CC(=O)N1CCCC(Nc2nc(Nc3ccc4c(c3)CN(C(=O)OCCCC)CC4)ncc2F)C1. The van der Waals surface area contributed by atoms with Gasteiger partial charge in [0, 0.05) is 37.9 Å². The van der Waals surface area contributed by atoms with E-state index in [-0.39, 0.29) is 29.8 Å². The van der Waals surface area contributed by atoms with Crippen LogP contribution in [0.4, 0.5) is 26.6 Å². The minimum Gasteiger partial charge on any atom is -0.449 e. The van der Waals surface area contributed by atoms with Gasteiger partial charge >= 0.3 is 6.09 Å². The van der Waals surface area contributed by atoms with Gasteiger partial charge in [0.1, 0.15) is 0 Å². The summed E-state index contributed by atoms with van der Waals surface area (Å²) >= 11 is 0. The van der Waals surface area contributed by atoms with E-state index < -0.39 is 5.82 Å². The number of anilines is 3. The number of benzene rings is 1. The lowest BCUT2D eigenvalue weighted by Crippen LogP contribution is -2.44. The third-order valence-corrected chi connectivity index (χ3v) is 6.45. The van der Waals surface area contributed by atoms with Crippen LogP contribution in [0.1, 0.15) is 43.7 Å². The van der Waals surface area contributed by atoms with Crippen molar-refractivity contribution in [3.8, 4) is 0 Å². The Balaban J connectivity index is 1.41. The molecule has 0 spiro atoms. The Morgan fingerprint density at radius 2 is 2.14 bits per heavy atom. The first-order valence-electron chi connectivity index (χ1n) is 12.5. The number of piperidine rings is 1. The van der Waals surface area contributed by atoms with Crippen molar-refractivity contribution in [2.24, 2.45) is 0 Å². The van der Waals surface area contributed by atoms with E-state index in [1.165, 1.54) is 11.6 Å². The van der Waals surface area contributed by atoms with E-state index >= 15 is 0 Å². The minimum absolute atomic E-state index is 0.0874. The van der Waals surface area contributed by atoms with Gasteiger partial charge in [-0.3, -0.25) is 4.79 Å². The lowest BCUT2D eigenvalue weighted by molar-refractivity contribution is -0.127. The number of rotatable bonds is 8. The van der Waals surface area contributed by atoms with E-state index in [9.17, 15) is 14.0 Å². The number of fused-ring (bicyclic) bond motifs is 1. The van der Waals surface area contributed by atoms with Gasteiger partial charge in [0.05, 0.1) is 12.8 Å². The number of ether oxygens (including phenoxy) is 1. The molecule has 2 aromatic rings. The molecule has 0 radical (unpaired) electrons. The van der Waals surface area contributed by atoms with Gasteiger partial charge in [-0.05, 0) is 55.0 Å². The molecular formula is C26H33FN6O3. The number of halogens is 1. The lowest BCUT2D eigenvalue weighted by atomic mass is 9.99. The molecule has 2 amide bonds. The van der Waals surface area contributed by atoms with Crippen molar-refractivity contribution in [3.63, 3.8) is 0 Å². The van der Waals surface area contributed by atoms with E-state index in [0.717, 1.165) is 49.6 Å². The zero-order valence-electron chi connectivity index (χ0n) is 20.6. The largest absolute Gasteiger partial charge is 0.449 e. The van der Waals surface area contributed by atoms with Crippen molar-refractivity contribution in [2.75, 3.05) is 36.9 Å². The number of carbonyl (C=O) groups excluding carboxylic acids is 2. The van der Waals surface area contributed by atoms with Crippen molar-refractivity contribution < 1.29 is 18.7 Å². The van der Waals surface area contributed by atoms with Crippen molar-refractivity contribution >= 4 is 29.5 Å². The first-order chi connectivity index (χ1) is 17.5. The first kappa shape index (κ1) is 25.4. The Morgan fingerprint density at radius 3 is 2.94 bits per heavy atom. The second kappa shape index (κ2) is 11.8. The molecule has 1 atom stereocenters.